The van der Waals surface area contributed by atoms with Crippen LogP contribution in [0.1, 0.15) is 29.8 Å². The molecule has 2 aliphatic heterocycles. The number of amides is 1. The van der Waals surface area contributed by atoms with E-state index in [4.69, 9.17) is 9.72 Å². The molecule has 27 heavy (non-hydrogen) atoms. The van der Waals surface area contributed by atoms with Gasteiger partial charge in [0.05, 0.1) is 35.7 Å². The third-order valence-corrected chi connectivity index (χ3v) is 6.07. The van der Waals surface area contributed by atoms with E-state index in [9.17, 15) is 4.79 Å². The van der Waals surface area contributed by atoms with Crippen molar-refractivity contribution in [1.82, 2.24) is 24.6 Å². The first kappa shape index (κ1) is 16.5. The first-order valence-electron chi connectivity index (χ1n) is 9.48. The van der Waals surface area contributed by atoms with Crippen molar-refractivity contribution in [3.63, 3.8) is 0 Å². The van der Waals surface area contributed by atoms with E-state index in [0.29, 0.717) is 19.6 Å². The Morgan fingerprint density at radius 1 is 1.33 bits per heavy atom. The molecule has 0 atom stereocenters. The van der Waals surface area contributed by atoms with Crippen LogP contribution in [0.3, 0.4) is 0 Å². The molecule has 140 valence electrons. The van der Waals surface area contributed by atoms with Gasteiger partial charge in [0.15, 0.2) is 0 Å². The van der Waals surface area contributed by atoms with Crippen molar-refractivity contribution in [1.29, 1.82) is 0 Å². The molecule has 0 aliphatic carbocycles. The highest BCUT2D eigenvalue weighted by Crippen LogP contribution is 2.42. The molecule has 0 unspecified atom stereocenters. The summed E-state index contributed by atoms with van der Waals surface area (Å²) in [5.74, 6) is 0.159. The van der Waals surface area contributed by atoms with Gasteiger partial charge in [0.25, 0.3) is 0 Å². The summed E-state index contributed by atoms with van der Waals surface area (Å²) in [6, 6.07) is 6.05. The van der Waals surface area contributed by atoms with Gasteiger partial charge >= 0.3 is 0 Å². The van der Waals surface area contributed by atoms with E-state index in [-0.39, 0.29) is 11.4 Å². The molecule has 1 N–H and O–H groups in total. The number of nitrogens with zero attached hydrogens (tertiary/aromatic N) is 4. The molecule has 2 aliphatic rings. The second-order valence-electron chi connectivity index (χ2n) is 7.56. The van der Waals surface area contributed by atoms with Gasteiger partial charge in [-0.1, -0.05) is 12.1 Å². The van der Waals surface area contributed by atoms with Crippen molar-refractivity contribution in [2.45, 2.75) is 31.2 Å². The number of carbonyl (C=O) groups excluding carboxylic acids is 1. The Labute approximate surface area is 157 Å². The summed E-state index contributed by atoms with van der Waals surface area (Å²) in [6.45, 7) is 2.07. The minimum Gasteiger partial charge on any atom is -0.381 e. The molecule has 0 radical (unpaired) electrons. The van der Waals surface area contributed by atoms with Crippen LogP contribution in [-0.4, -0.2) is 50.3 Å². The van der Waals surface area contributed by atoms with Crippen molar-refractivity contribution in [3.05, 3.63) is 47.7 Å². The zero-order chi connectivity index (χ0) is 18.4. The monoisotopic (exact) mass is 365 g/mol. The van der Waals surface area contributed by atoms with Crippen molar-refractivity contribution in [3.8, 4) is 0 Å². The van der Waals surface area contributed by atoms with Crippen LogP contribution >= 0.6 is 0 Å². The molecule has 5 rings (SSSR count). The van der Waals surface area contributed by atoms with Gasteiger partial charge in [-0.3, -0.25) is 9.89 Å². The zero-order valence-electron chi connectivity index (χ0n) is 15.4. The topological polar surface area (TPSA) is 76.0 Å². The number of ether oxygens (including phenoxy) is 1. The number of hydrogen-bond acceptors (Lipinski definition) is 4. The Balaban J connectivity index is 1.48. The van der Waals surface area contributed by atoms with Gasteiger partial charge in [-0.2, -0.15) is 5.10 Å². The highest BCUT2D eigenvalue weighted by molar-refractivity contribution is 5.83. The predicted molar refractivity (Wildman–Crippen MR) is 100 cm³/mol. The van der Waals surface area contributed by atoms with Crippen molar-refractivity contribution >= 4 is 16.8 Å². The van der Waals surface area contributed by atoms with Crippen molar-refractivity contribution in [2.75, 3.05) is 19.8 Å². The van der Waals surface area contributed by atoms with Gasteiger partial charge in [-0.15, -0.1) is 0 Å². The first-order chi connectivity index (χ1) is 13.2. The summed E-state index contributed by atoms with van der Waals surface area (Å²) in [5, 5.41) is 8.10. The lowest BCUT2D eigenvalue weighted by molar-refractivity contribution is -0.143. The number of aryl methyl sites for hydroxylation is 1. The van der Waals surface area contributed by atoms with E-state index < -0.39 is 0 Å². The maximum absolute atomic E-state index is 13.4. The van der Waals surface area contributed by atoms with Crippen molar-refractivity contribution < 1.29 is 9.53 Å². The quantitative estimate of drug-likeness (QED) is 0.753. The standard InChI is InChI=1S/C20H23N5O2/c1-24-13-21-19-17(24)4-7-25(20(19)5-8-27-9-6-20)18(26)11-14-2-3-15-12-22-23-16(15)10-14/h2-3,10,12-13H,4-9,11H2,1H3,(H,22,23). The SMILES string of the molecule is Cn1cnc2c1CCN(C(=O)Cc1ccc3cn[nH]c3c1)C21CCOCC1. The first-order valence-corrected chi connectivity index (χ1v) is 9.48. The van der Waals surface area contributed by atoms with Crippen LogP contribution in [0, 0.1) is 0 Å². The summed E-state index contributed by atoms with van der Waals surface area (Å²) < 4.78 is 7.72. The number of fused-ring (bicyclic) bond motifs is 3. The average Bonchev–Trinajstić information content (AvgIpc) is 3.29. The molecule has 0 bridgehead atoms. The smallest absolute Gasteiger partial charge is 0.227 e. The van der Waals surface area contributed by atoms with Gasteiger partial charge in [-0.05, 0) is 24.5 Å². The van der Waals surface area contributed by atoms with E-state index in [2.05, 4.69) is 19.7 Å². The minimum absolute atomic E-state index is 0.159. The normalized spacial score (nSPS) is 18.8. The van der Waals surface area contributed by atoms with Crippen LogP contribution in [0.25, 0.3) is 10.9 Å². The summed E-state index contributed by atoms with van der Waals surface area (Å²) in [4.78, 5) is 20.1. The molecule has 7 nitrogen and oxygen atoms in total. The highest BCUT2D eigenvalue weighted by atomic mass is 16.5. The van der Waals surface area contributed by atoms with Crippen LogP contribution < -0.4 is 0 Å². The molecule has 1 spiro atoms. The number of H-pyrrole nitrogens is 1. The number of carbonyl (C=O) groups is 1. The number of hydrogen-bond donors (Lipinski definition) is 1. The maximum Gasteiger partial charge on any atom is 0.227 e. The number of rotatable bonds is 2. The molecular formula is C20H23N5O2. The Hall–Kier alpha value is -2.67. The van der Waals surface area contributed by atoms with E-state index in [1.54, 1.807) is 6.20 Å². The maximum atomic E-state index is 13.4. The minimum atomic E-state index is -0.331. The van der Waals surface area contributed by atoms with E-state index in [1.165, 1.54) is 5.69 Å². The molecule has 0 saturated carbocycles. The van der Waals surface area contributed by atoms with Crippen LogP contribution in [0.4, 0.5) is 0 Å². The van der Waals surface area contributed by atoms with E-state index >= 15 is 0 Å². The Bertz CT molecular complexity index is 999. The van der Waals surface area contributed by atoms with E-state index in [1.807, 2.05) is 31.6 Å². The lowest BCUT2D eigenvalue weighted by atomic mass is 9.80. The molecule has 7 heteroatoms. The number of nitrogens with one attached hydrogen (secondary N) is 1. The molecule has 1 fully saturated rings. The van der Waals surface area contributed by atoms with Gasteiger partial charge in [0.2, 0.25) is 5.91 Å². The number of aromatic amines is 1. The number of benzene rings is 1. The molecule has 1 saturated heterocycles. The average molecular weight is 365 g/mol. The predicted octanol–water partition coefficient (Wildman–Crippen LogP) is 1.93. The van der Waals surface area contributed by atoms with Crippen LogP contribution in [0.2, 0.25) is 0 Å². The molecular weight excluding hydrogens is 342 g/mol. The summed E-state index contributed by atoms with van der Waals surface area (Å²) in [6.07, 6.45) is 6.53. The largest absolute Gasteiger partial charge is 0.381 e. The van der Waals surface area contributed by atoms with Gasteiger partial charge in [0, 0.05) is 44.3 Å². The number of imidazole rings is 1. The third kappa shape index (κ3) is 2.56. The van der Waals surface area contributed by atoms with Gasteiger partial charge in [0.1, 0.15) is 0 Å². The fraction of sp³-hybridized carbons (Fsp3) is 0.450. The fourth-order valence-electron chi connectivity index (χ4n) is 4.64. The summed E-state index contributed by atoms with van der Waals surface area (Å²) in [7, 11) is 2.04. The van der Waals surface area contributed by atoms with Gasteiger partial charge in [-0.25, -0.2) is 4.98 Å². The van der Waals surface area contributed by atoms with Crippen molar-refractivity contribution in [2.24, 2.45) is 7.05 Å². The van der Waals surface area contributed by atoms with Crippen LogP contribution in [-0.2, 0) is 35.0 Å². The van der Waals surface area contributed by atoms with Gasteiger partial charge < -0.3 is 14.2 Å². The van der Waals surface area contributed by atoms with Crippen LogP contribution in [0.5, 0.6) is 0 Å². The third-order valence-electron chi connectivity index (χ3n) is 6.07. The fourth-order valence-corrected chi connectivity index (χ4v) is 4.64. The van der Waals surface area contributed by atoms with E-state index in [0.717, 1.165) is 48.0 Å². The second kappa shape index (κ2) is 6.20. The zero-order valence-corrected chi connectivity index (χ0v) is 15.4. The summed E-state index contributed by atoms with van der Waals surface area (Å²) in [5.41, 5.74) is 3.96. The second-order valence-corrected chi connectivity index (χ2v) is 7.56. The highest BCUT2D eigenvalue weighted by Gasteiger charge is 2.48. The lowest BCUT2D eigenvalue weighted by Gasteiger charge is -2.48. The molecule has 4 heterocycles. The molecule has 3 aromatic rings. The summed E-state index contributed by atoms with van der Waals surface area (Å²) >= 11 is 0. The Morgan fingerprint density at radius 3 is 3.04 bits per heavy atom. The lowest BCUT2D eigenvalue weighted by Crippen LogP contribution is -2.56. The number of aromatic nitrogens is 4. The van der Waals surface area contributed by atoms with Crippen LogP contribution in [0.15, 0.2) is 30.7 Å². The Morgan fingerprint density at radius 2 is 2.19 bits per heavy atom. The Kier molecular flexibility index (Phi) is 3.79. The molecule has 1 amide bonds. The molecule has 1 aromatic carbocycles. The molecule has 2 aromatic heterocycles.